The van der Waals surface area contributed by atoms with Crippen LogP contribution in [0.4, 0.5) is 0 Å². The number of nitrogens with one attached hydrogen (secondary N) is 1. The Morgan fingerprint density at radius 3 is 2.84 bits per heavy atom. The Labute approximate surface area is 112 Å². The van der Waals surface area contributed by atoms with Gasteiger partial charge in [0.25, 0.3) is 0 Å². The molecule has 0 aliphatic heterocycles. The van der Waals surface area contributed by atoms with Crippen LogP contribution in [0.15, 0.2) is 18.2 Å². The van der Waals surface area contributed by atoms with E-state index in [2.05, 4.69) is 28.7 Å². The lowest BCUT2D eigenvalue weighted by Crippen LogP contribution is -2.21. The lowest BCUT2D eigenvalue weighted by atomic mass is 10.2. The molecule has 0 radical (unpaired) electrons. The molecule has 1 heterocycles. The van der Waals surface area contributed by atoms with Crippen molar-refractivity contribution in [2.24, 2.45) is 7.05 Å². The van der Waals surface area contributed by atoms with Crippen molar-refractivity contribution in [3.63, 3.8) is 0 Å². The molecule has 102 valence electrons. The van der Waals surface area contributed by atoms with Gasteiger partial charge in [0, 0.05) is 19.5 Å². The number of aryl methyl sites for hydroxylation is 1. The normalized spacial score (nSPS) is 11.4. The van der Waals surface area contributed by atoms with Crippen LogP contribution in [-0.4, -0.2) is 27.2 Å². The van der Waals surface area contributed by atoms with Gasteiger partial charge in [-0.3, -0.25) is 4.79 Å². The minimum absolute atomic E-state index is 0.0303. The molecule has 0 unspecified atom stereocenters. The summed E-state index contributed by atoms with van der Waals surface area (Å²) < 4.78 is 2.11. The second-order valence-electron chi connectivity index (χ2n) is 5.00. The molecule has 0 bridgehead atoms. The summed E-state index contributed by atoms with van der Waals surface area (Å²) in [6.07, 6.45) is 0. The maximum atomic E-state index is 10.4. The molecule has 1 aromatic heterocycles. The van der Waals surface area contributed by atoms with Crippen LogP contribution in [0, 0.1) is 0 Å². The van der Waals surface area contributed by atoms with E-state index < -0.39 is 5.97 Å². The van der Waals surface area contributed by atoms with Crippen LogP contribution in [0.1, 0.15) is 31.2 Å². The van der Waals surface area contributed by atoms with Crippen LogP contribution in [-0.2, 0) is 18.4 Å². The number of nitrogens with zero attached hydrogens (tertiary/aromatic N) is 2. The Hall–Kier alpha value is -1.88. The van der Waals surface area contributed by atoms with Gasteiger partial charge in [-0.05, 0) is 17.7 Å². The fraction of sp³-hybridized carbons (Fsp3) is 0.429. The van der Waals surface area contributed by atoms with Crippen molar-refractivity contribution in [2.45, 2.75) is 26.3 Å². The Morgan fingerprint density at radius 2 is 2.21 bits per heavy atom. The minimum atomic E-state index is -0.846. The topological polar surface area (TPSA) is 67.2 Å². The first-order valence-electron chi connectivity index (χ1n) is 6.36. The van der Waals surface area contributed by atoms with Gasteiger partial charge in [0.15, 0.2) is 0 Å². The third-order valence-corrected chi connectivity index (χ3v) is 3.10. The molecular formula is C14H19N3O2. The number of rotatable bonds is 5. The van der Waals surface area contributed by atoms with E-state index >= 15 is 0 Å². The molecule has 0 amide bonds. The summed E-state index contributed by atoms with van der Waals surface area (Å²) in [7, 11) is 2.02. The molecule has 0 spiro atoms. The second-order valence-corrected chi connectivity index (χ2v) is 5.00. The number of aromatic nitrogens is 2. The predicted octanol–water partition coefficient (Wildman–Crippen LogP) is 1.87. The fourth-order valence-corrected chi connectivity index (χ4v) is 2.20. The zero-order chi connectivity index (χ0) is 14.0. The number of aliphatic carboxylic acids is 1. The molecule has 0 saturated heterocycles. The summed E-state index contributed by atoms with van der Waals surface area (Å²) in [6.45, 7) is 4.75. The minimum Gasteiger partial charge on any atom is -0.480 e. The lowest BCUT2D eigenvalue weighted by Gasteiger charge is -2.04. The van der Waals surface area contributed by atoms with Gasteiger partial charge in [0.05, 0.1) is 17.6 Å². The smallest absolute Gasteiger partial charge is 0.317 e. The maximum Gasteiger partial charge on any atom is 0.317 e. The van der Waals surface area contributed by atoms with Crippen LogP contribution in [0.5, 0.6) is 0 Å². The third-order valence-electron chi connectivity index (χ3n) is 3.10. The van der Waals surface area contributed by atoms with Crippen LogP contribution in [0.3, 0.4) is 0 Å². The molecule has 5 nitrogen and oxygen atoms in total. The zero-order valence-electron chi connectivity index (χ0n) is 11.5. The summed E-state index contributed by atoms with van der Waals surface area (Å²) in [6, 6.07) is 6.05. The van der Waals surface area contributed by atoms with E-state index in [-0.39, 0.29) is 6.54 Å². The zero-order valence-corrected chi connectivity index (χ0v) is 11.5. The van der Waals surface area contributed by atoms with Crippen LogP contribution >= 0.6 is 0 Å². The van der Waals surface area contributed by atoms with E-state index in [1.54, 1.807) is 0 Å². The van der Waals surface area contributed by atoms with Gasteiger partial charge in [-0.15, -0.1) is 0 Å². The molecule has 5 heteroatoms. The third kappa shape index (κ3) is 2.93. The molecule has 0 fully saturated rings. The quantitative estimate of drug-likeness (QED) is 0.862. The van der Waals surface area contributed by atoms with E-state index in [4.69, 9.17) is 5.11 Å². The molecule has 2 rings (SSSR count). The highest BCUT2D eigenvalue weighted by Crippen LogP contribution is 2.21. The summed E-state index contributed by atoms with van der Waals surface area (Å²) >= 11 is 0. The Bertz CT molecular complexity index is 602. The first-order valence-corrected chi connectivity index (χ1v) is 6.36. The summed E-state index contributed by atoms with van der Waals surface area (Å²) in [5.41, 5.74) is 3.11. The molecule has 0 saturated carbocycles. The number of carboxylic acid groups (broad SMARTS) is 1. The van der Waals surface area contributed by atoms with Gasteiger partial charge in [-0.1, -0.05) is 19.9 Å². The molecule has 19 heavy (non-hydrogen) atoms. The number of carbonyl (C=O) groups is 1. The standard InChI is InChI=1S/C14H19N3O2/c1-9(2)14-16-11-6-10(7-15-8-13(18)19)4-5-12(11)17(14)3/h4-6,9,15H,7-8H2,1-3H3,(H,18,19). The van der Waals surface area contributed by atoms with E-state index in [9.17, 15) is 4.79 Å². The average Bonchev–Trinajstić information content (AvgIpc) is 2.66. The van der Waals surface area contributed by atoms with Crippen molar-refractivity contribution < 1.29 is 9.90 Å². The highest BCUT2D eigenvalue weighted by molar-refractivity contribution is 5.77. The maximum absolute atomic E-state index is 10.4. The highest BCUT2D eigenvalue weighted by atomic mass is 16.4. The van der Waals surface area contributed by atoms with E-state index in [1.165, 1.54) is 0 Å². The Balaban J connectivity index is 2.23. The van der Waals surface area contributed by atoms with Gasteiger partial charge in [0.2, 0.25) is 0 Å². The first kappa shape index (κ1) is 13.5. The van der Waals surface area contributed by atoms with E-state index in [0.717, 1.165) is 22.4 Å². The molecule has 0 aliphatic carbocycles. The summed E-state index contributed by atoms with van der Waals surface area (Å²) in [5.74, 6) is 0.595. The Kier molecular flexibility index (Phi) is 3.85. The summed E-state index contributed by atoms with van der Waals surface area (Å²) in [4.78, 5) is 15.1. The van der Waals surface area contributed by atoms with Crippen LogP contribution in [0.25, 0.3) is 11.0 Å². The first-order chi connectivity index (χ1) is 8.99. The van der Waals surface area contributed by atoms with Crippen molar-refractivity contribution in [1.82, 2.24) is 14.9 Å². The molecule has 2 N–H and O–H groups in total. The summed E-state index contributed by atoms with van der Waals surface area (Å²) in [5, 5.41) is 11.5. The molecular weight excluding hydrogens is 242 g/mol. The van der Waals surface area contributed by atoms with Gasteiger partial charge >= 0.3 is 5.97 Å². The van der Waals surface area contributed by atoms with E-state index in [1.807, 2.05) is 25.2 Å². The molecule has 0 aliphatic rings. The highest BCUT2D eigenvalue weighted by Gasteiger charge is 2.11. The largest absolute Gasteiger partial charge is 0.480 e. The second kappa shape index (κ2) is 5.40. The van der Waals surface area contributed by atoms with Crippen molar-refractivity contribution in [1.29, 1.82) is 0 Å². The number of fused-ring (bicyclic) bond motifs is 1. The fourth-order valence-electron chi connectivity index (χ4n) is 2.20. The number of carboxylic acids is 1. The SMILES string of the molecule is CC(C)c1nc2cc(CNCC(=O)O)ccc2n1C. The molecule has 0 atom stereocenters. The number of hydrogen-bond acceptors (Lipinski definition) is 3. The predicted molar refractivity (Wildman–Crippen MR) is 74.1 cm³/mol. The van der Waals surface area contributed by atoms with Crippen molar-refractivity contribution in [3.05, 3.63) is 29.6 Å². The van der Waals surface area contributed by atoms with Crippen molar-refractivity contribution >= 4 is 17.0 Å². The van der Waals surface area contributed by atoms with Gasteiger partial charge in [-0.25, -0.2) is 4.98 Å². The monoisotopic (exact) mass is 261 g/mol. The molecule has 1 aromatic carbocycles. The number of imidazole rings is 1. The number of hydrogen-bond donors (Lipinski definition) is 2. The lowest BCUT2D eigenvalue weighted by molar-refractivity contribution is -0.135. The van der Waals surface area contributed by atoms with Crippen molar-refractivity contribution in [3.8, 4) is 0 Å². The molecule has 2 aromatic rings. The van der Waals surface area contributed by atoms with E-state index in [0.29, 0.717) is 12.5 Å². The van der Waals surface area contributed by atoms with Gasteiger partial charge in [-0.2, -0.15) is 0 Å². The average molecular weight is 261 g/mol. The Morgan fingerprint density at radius 1 is 1.47 bits per heavy atom. The van der Waals surface area contributed by atoms with Crippen LogP contribution in [0.2, 0.25) is 0 Å². The van der Waals surface area contributed by atoms with Crippen LogP contribution < -0.4 is 5.32 Å². The van der Waals surface area contributed by atoms with Gasteiger partial charge in [0.1, 0.15) is 5.82 Å². The number of benzene rings is 1. The van der Waals surface area contributed by atoms with Gasteiger partial charge < -0.3 is 15.0 Å². The van der Waals surface area contributed by atoms with Crippen molar-refractivity contribution in [2.75, 3.05) is 6.54 Å².